The van der Waals surface area contributed by atoms with Gasteiger partial charge in [-0.15, -0.1) is 0 Å². The van der Waals surface area contributed by atoms with E-state index in [0.717, 1.165) is 38.8 Å². The summed E-state index contributed by atoms with van der Waals surface area (Å²) in [7, 11) is 3.26. The third-order valence-corrected chi connectivity index (χ3v) is 8.45. The zero-order valence-corrected chi connectivity index (χ0v) is 25.2. The van der Waals surface area contributed by atoms with Crippen molar-refractivity contribution in [1.29, 1.82) is 0 Å². The summed E-state index contributed by atoms with van der Waals surface area (Å²) >= 11 is 1.31. The highest BCUT2D eigenvalue weighted by Gasteiger charge is 2.36. The molecule has 0 aliphatic carbocycles. The van der Waals surface area contributed by atoms with E-state index < -0.39 is 12.0 Å². The van der Waals surface area contributed by atoms with Crippen molar-refractivity contribution in [3.8, 4) is 11.5 Å². The maximum atomic E-state index is 14.3. The van der Waals surface area contributed by atoms with Gasteiger partial charge in [0.05, 0.1) is 36.6 Å². The van der Waals surface area contributed by atoms with Crippen LogP contribution in [0, 0.1) is 6.92 Å². The summed E-state index contributed by atoms with van der Waals surface area (Å²) in [6, 6.07) is 15.0. The molecule has 4 aromatic rings. The number of hydrogen-bond donors (Lipinski definition) is 0. The van der Waals surface area contributed by atoms with Crippen LogP contribution in [0.2, 0.25) is 0 Å². The number of thiazole rings is 1. The lowest BCUT2D eigenvalue weighted by Gasteiger charge is -2.27. The molecule has 0 fully saturated rings. The Hall–Kier alpha value is -4.17. The lowest BCUT2D eigenvalue weighted by Crippen LogP contribution is -2.40. The predicted octanol–water partition coefficient (Wildman–Crippen LogP) is 5.40. The van der Waals surface area contributed by atoms with E-state index in [2.05, 4.69) is 19.9 Å². The van der Waals surface area contributed by atoms with E-state index >= 15 is 0 Å². The number of rotatable bonds is 7. The number of carbonyl (C=O) groups is 1. The second-order valence-electron chi connectivity index (χ2n) is 10.3. The number of allylic oxidation sites excluding steroid dienone is 1. The van der Waals surface area contributed by atoms with Gasteiger partial charge >= 0.3 is 5.97 Å². The summed E-state index contributed by atoms with van der Waals surface area (Å²) in [6.45, 7) is 9.98. The van der Waals surface area contributed by atoms with Gasteiger partial charge in [-0.3, -0.25) is 9.36 Å². The molecule has 1 aliphatic rings. The van der Waals surface area contributed by atoms with Gasteiger partial charge in [0.2, 0.25) is 0 Å². The molecule has 41 heavy (non-hydrogen) atoms. The molecule has 0 saturated carbocycles. The van der Waals surface area contributed by atoms with Gasteiger partial charge in [-0.1, -0.05) is 55.5 Å². The number of esters is 1. The number of aromatic nitrogens is 1. The zero-order valence-electron chi connectivity index (χ0n) is 24.4. The SMILES string of the molecule is CCOC(=O)C1=C(C)N=c2s/c(=C/c3cc(C(C)C)c(OC)cc3C)c(=O)n2[C@@H]1c1c(OC)ccc2ccccc12. The molecule has 3 aromatic carbocycles. The zero-order chi connectivity index (χ0) is 29.4. The number of aryl methyl sites for hydroxylation is 1. The summed E-state index contributed by atoms with van der Waals surface area (Å²) in [5.41, 5.74) is 4.31. The topological polar surface area (TPSA) is 79.1 Å². The summed E-state index contributed by atoms with van der Waals surface area (Å²) in [6.07, 6.45) is 1.91. The Kier molecular flexibility index (Phi) is 7.87. The summed E-state index contributed by atoms with van der Waals surface area (Å²) in [5.74, 6) is 1.14. The van der Waals surface area contributed by atoms with Crippen LogP contribution in [0.1, 0.15) is 61.9 Å². The number of hydrogen-bond acceptors (Lipinski definition) is 7. The highest BCUT2D eigenvalue weighted by atomic mass is 32.1. The van der Waals surface area contributed by atoms with Gasteiger partial charge in [0.15, 0.2) is 4.80 Å². The fourth-order valence-corrected chi connectivity index (χ4v) is 6.48. The van der Waals surface area contributed by atoms with Gasteiger partial charge in [-0.25, -0.2) is 9.79 Å². The fourth-order valence-electron chi connectivity index (χ4n) is 5.44. The van der Waals surface area contributed by atoms with E-state index in [1.807, 2.05) is 55.5 Å². The van der Waals surface area contributed by atoms with Gasteiger partial charge in [0.1, 0.15) is 17.5 Å². The van der Waals surface area contributed by atoms with Crippen molar-refractivity contribution in [3.63, 3.8) is 0 Å². The first-order chi connectivity index (χ1) is 19.7. The average molecular weight is 571 g/mol. The molecule has 0 saturated heterocycles. The highest BCUT2D eigenvalue weighted by molar-refractivity contribution is 7.07. The van der Waals surface area contributed by atoms with Gasteiger partial charge in [-0.05, 0) is 78.4 Å². The fraction of sp³-hybridized carbons (Fsp3) is 0.303. The largest absolute Gasteiger partial charge is 0.496 e. The molecule has 0 N–H and O–H groups in total. The third-order valence-electron chi connectivity index (χ3n) is 7.47. The Balaban J connectivity index is 1.83. The molecule has 5 rings (SSSR count). The number of carbonyl (C=O) groups excluding carboxylic acids is 1. The first kappa shape index (κ1) is 28.4. The molecule has 1 atom stereocenters. The third kappa shape index (κ3) is 4.97. The molecule has 2 heterocycles. The Morgan fingerprint density at radius 1 is 1.07 bits per heavy atom. The van der Waals surface area contributed by atoms with E-state index in [1.165, 1.54) is 11.3 Å². The van der Waals surface area contributed by atoms with Gasteiger partial charge in [0.25, 0.3) is 5.56 Å². The Morgan fingerprint density at radius 3 is 2.49 bits per heavy atom. The molecule has 1 aliphatic heterocycles. The van der Waals surface area contributed by atoms with Crippen molar-refractivity contribution in [3.05, 3.63) is 102 Å². The molecular weight excluding hydrogens is 536 g/mol. The van der Waals surface area contributed by atoms with Crippen molar-refractivity contribution in [1.82, 2.24) is 4.57 Å². The van der Waals surface area contributed by atoms with Crippen molar-refractivity contribution >= 4 is 34.2 Å². The predicted molar refractivity (Wildman–Crippen MR) is 163 cm³/mol. The lowest BCUT2D eigenvalue weighted by molar-refractivity contribution is -0.139. The number of ether oxygens (including phenoxy) is 3. The van der Waals surface area contributed by atoms with Crippen LogP contribution >= 0.6 is 11.3 Å². The van der Waals surface area contributed by atoms with Crippen molar-refractivity contribution in [2.75, 3.05) is 20.8 Å². The van der Waals surface area contributed by atoms with E-state index in [1.54, 1.807) is 32.6 Å². The van der Waals surface area contributed by atoms with Crippen LogP contribution in [0.4, 0.5) is 0 Å². The molecule has 7 nitrogen and oxygen atoms in total. The summed E-state index contributed by atoms with van der Waals surface area (Å²) in [4.78, 5) is 33.0. The molecule has 0 bridgehead atoms. The van der Waals surface area contributed by atoms with Crippen LogP contribution in [0.3, 0.4) is 0 Å². The van der Waals surface area contributed by atoms with Crippen LogP contribution in [-0.4, -0.2) is 31.4 Å². The maximum absolute atomic E-state index is 14.3. The van der Waals surface area contributed by atoms with Crippen LogP contribution in [0.15, 0.2) is 69.6 Å². The molecular formula is C33H34N2O5S. The van der Waals surface area contributed by atoms with E-state index in [9.17, 15) is 9.59 Å². The van der Waals surface area contributed by atoms with Crippen molar-refractivity contribution in [2.45, 2.75) is 46.6 Å². The van der Waals surface area contributed by atoms with Crippen LogP contribution < -0.4 is 24.4 Å². The number of nitrogens with zero attached hydrogens (tertiary/aromatic N) is 2. The lowest BCUT2D eigenvalue weighted by atomic mass is 9.90. The average Bonchev–Trinajstić information content (AvgIpc) is 3.26. The van der Waals surface area contributed by atoms with E-state index in [-0.39, 0.29) is 18.1 Å². The van der Waals surface area contributed by atoms with E-state index in [4.69, 9.17) is 19.2 Å². The number of benzene rings is 3. The first-order valence-corrected chi connectivity index (χ1v) is 14.5. The molecule has 0 unspecified atom stereocenters. The number of fused-ring (bicyclic) bond motifs is 2. The highest BCUT2D eigenvalue weighted by Crippen LogP contribution is 2.40. The molecule has 8 heteroatoms. The van der Waals surface area contributed by atoms with Gasteiger partial charge in [0, 0.05) is 5.56 Å². The van der Waals surface area contributed by atoms with E-state index in [0.29, 0.717) is 26.4 Å². The van der Waals surface area contributed by atoms with Crippen molar-refractivity contribution in [2.24, 2.45) is 4.99 Å². The summed E-state index contributed by atoms with van der Waals surface area (Å²) in [5, 5.41) is 1.86. The second-order valence-corrected chi connectivity index (χ2v) is 11.3. The van der Waals surface area contributed by atoms with Crippen LogP contribution in [0.25, 0.3) is 16.8 Å². The molecule has 1 aromatic heterocycles. The van der Waals surface area contributed by atoms with Crippen LogP contribution in [0.5, 0.6) is 11.5 Å². The van der Waals surface area contributed by atoms with Gasteiger partial charge < -0.3 is 14.2 Å². The number of methoxy groups -OCH3 is 2. The molecule has 0 radical (unpaired) electrons. The van der Waals surface area contributed by atoms with Crippen LogP contribution in [-0.2, 0) is 9.53 Å². The minimum absolute atomic E-state index is 0.203. The minimum Gasteiger partial charge on any atom is -0.496 e. The Bertz CT molecular complexity index is 1880. The minimum atomic E-state index is -0.781. The molecule has 0 spiro atoms. The summed E-state index contributed by atoms with van der Waals surface area (Å²) < 4.78 is 19.1. The first-order valence-electron chi connectivity index (χ1n) is 13.6. The monoisotopic (exact) mass is 570 g/mol. The standard InChI is InChI=1S/C33H34N2O5S/c1-8-40-32(37)28-20(5)34-33-35(30(28)29-23-12-10-9-11-21(23)13-14-25(29)38-6)31(36)27(41-33)17-22-16-24(18(2)3)26(39-7)15-19(22)4/h9-18,30H,8H2,1-7H3/b27-17+/t30-/m0/s1. The smallest absolute Gasteiger partial charge is 0.338 e. The maximum Gasteiger partial charge on any atom is 0.338 e. The molecule has 0 amide bonds. The Morgan fingerprint density at radius 2 is 1.80 bits per heavy atom. The normalized spacial score (nSPS) is 15.2. The van der Waals surface area contributed by atoms with Gasteiger partial charge in [-0.2, -0.15) is 0 Å². The quantitative estimate of drug-likeness (QED) is 0.278. The molecule has 212 valence electrons. The Labute approximate surface area is 243 Å². The van der Waals surface area contributed by atoms with Crippen molar-refractivity contribution < 1.29 is 19.0 Å². The second kappa shape index (κ2) is 11.4.